The summed E-state index contributed by atoms with van der Waals surface area (Å²) >= 11 is 0. The predicted octanol–water partition coefficient (Wildman–Crippen LogP) is 4.21. The summed E-state index contributed by atoms with van der Waals surface area (Å²) in [5, 5.41) is 0. The third kappa shape index (κ3) is 10.0. The Balaban J connectivity index is 3.02. The molecule has 0 saturated carbocycles. The Morgan fingerprint density at radius 3 is 2.00 bits per heavy atom. The van der Waals surface area contributed by atoms with E-state index in [4.69, 9.17) is 0 Å². The summed E-state index contributed by atoms with van der Waals surface area (Å²) in [4.78, 5) is 0. The smallest absolute Gasteiger partial charge is 0.0354 e. The van der Waals surface area contributed by atoms with Gasteiger partial charge in [0.2, 0.25) is 0 Å². The first kappa shape index (κ1) is 11.0. The van der Waals surface area contributed by atoms with Crippen LogP contribution in [0.3, 0.4) is 0 Å². The van der Waals surface area contributed by atoms with Crippen molar-refractivity contribution >= 4 is 0 Å². The second-order valence-corrected chi connectivity index (χ2v) is 4.33. The fourth-order valence-electron chi connectivity index (χ4n) is 1.21. The molecule has 0 nitrogen and oxygen atoms in total. The van der Waals surface area contributed by atoms with Crippen LogP contribution in [-0.4, -0.2) is 0 Å². The van der Waals surface area contributed by atoms with E-state index in [2.05, 4.69) is 27.7 Å². The highest BCUT2D eigenvalue weighted by atomic mass is 14.1. The van der Waals surface area contributed by atoms with E-state index in [0.29, 0.717) is 5.41 Å². The summed E-state index contributed by atoms with van der Waals surface area (Å²) in [7, 11) is 0. The summed E-state index contributed by atoms with van der Waals surface area (Å²) < 4.78 is 0. The van der Waals surface area contributed by atoms with Gasteiger partial charge in [-0.25, -0.2) is 0 Å². The monoisotopic (exact) mass is 155 g/mol. The molecule has 0 aromatic carbocycles. The number of rotatable bonds is 6. The van der Waals surface area contributed by atoms with Crippen LogP contribution in [0, 0.1) is 12.3 Å². The van der Waals surface area contributed by atoms with E-state index >= 15 is 0 Å². The summed E-state index contributed by atoms with van der Waals surface area (Å²) in [6.45, 7) is 10.8. The molecule has 0 aromatic rings. The standard InChI is InChI=1S/C11H23/c1-5-6-7-8-9-10-11(2,3)4/h2,5-10H2,1,3-4H3. The van der Waals surface area contributed by atoms with Gasteiger partial charge >= 0.3 is 0 Å². The largest absolute Gasteiger partial charge is 0.0654 e. The highest BCUT2D eigenvalue weighted by molar-refractivity contribution is 4.69. The van der Waals surface area contributed by atoms with Crippen molar-refractivity contribution in [3.05, 3.63) is 6.92 Å². The Morgan fingerprint density at radius 1 is 1.00 bits per heavy atom. The molecule has 0 heterocycles. The zero-order valence-corrected chi connectivity index (χ0v) is 8.45. The normalized spacial score (nSPS) is 12.0. The lowest BCUT2D eigenvalue weighted by atomic mass is 9.89. The summed E-state index contributed by atoms with van der Waals surface area (Å²) in [5.41, 5.74) is 0.298. The molecular weight excluding hydrogens is 132 g/mol. The van der Waals surface area contributed by atoms with Crippen LogP contribution in [0.25, 0.3) is 0 Å². The minimum atomic E-state index is 0.298. The molecule has 1 radical (unpaired) electrons. The SMILES string of the molecule is [CH2]C(C)(C)CCCCCCC. The summed E-state index contributed by atoms with van der Waals surface area (Å²) in [6.07, 6.45) is 8.18. The molecule has 0 atom stereocenters. The second kappa shape index (κ2) is 5.62. The maximum Gasteiger partial charge on any atom is -0.0354 e. The molecular formula is C11H23. The van der Waals surface area contributed by atoms with Crippen molar-refractivity contribution in [2.75, 3.05) is 0 Å². The maximum atomic E-state index is 4.09. The zero-order chi connectivity index (χ0) is 8.74. The molecule has 0 aliphatic heterocycles. The van der Waals surface area contributed by atoms with E-state index in [1.807, 2.05) is 0 Å². The van der Waals surface area contributed by atoms with Crippen molar-refractivity contribution in [3.63, 3.8) is 0 Å². The van der Waals surface area contributed by atoms with Gasteiger partial charge in [0.1, 0.15) is 0 Å². The highest BCUT2D eigenvalue weighted by Gasteiger charge is 2.08. The van der Waals surface area contributed by atoms with Crippen molar-refractivity contribution in [2.24, 2.45) is 5.41 Å². The van der Waals surface area contributed by atoms with Crippen molar-refractivity contribution in [1.29, 1.82) is 0 Å². The van der Waals surface area contributed by atoms with Crippen LogP contribution >= 0.6 is 0 Å². The number of unbranched alkanes of at least 4 members (excludes halogenated alkanes) is 4. The van der Waals surface area contributed by atoms with Crippen molar-refractivity contribution in [3.8, 4) is 0 Å². The van der Waals surface area contributed by atoms with E-state index in [9.17, 15) is 0 Å². The van der Waals surface area contributed by atoms with Gasteiger partial charge in [-0.1, -0.05) is 52.9 Å². The lowest BCUT2D eigenvalue weighted by Crippen LogP contribution is -2.04. The topological polar surface area (TPSA) is 0 Å². The van der Waals surface area contributed by atoms with Gasteiger partial charge in [0, 0.05) is 0 Å². The summed E-state index contributed by atoms with van der Waals surface area (Å²) in [6, 6.07) is 0. The Morgan fingerprint density at radius 2 is 1.55 bits per heavy atom. The van der Waals surface area contributed by atoms with Crippen LogP contribution in [0.15, 0.2) is 0 Å². The van der Waals surface area contributed by atoms with Crippen LogP contribution < -0.4 is 0 Å². The van der Waals surface area contributed by atoms with Crippen LogP contribution in [0.2, 0.25) is 0 Å². The van der Waals surface area contributed by atoms with E-state index < -0.39 is 0 Å². The van der Waals surface area contributed by atoms with E-state index in [-0.39, 0.29) is 0 Å². The highest BCUT2D eigenvalue weighted by Crippen LogP contribution is 2.21. The number of hydrogen-bond acceptors (Lipinski definition) is 0. The van der Waals surface area contributed by atoms with E-state index in [0.717, 1.165) is 0 Å². The molecule has 0 bridgehead atoms. The lowest BCUT2D eigenvalue weighted by Gasteiger charge is -2.17. The Bertz CT molecular complexity index is 76.5. The zero-order valence-electron chi connectivity index (χ0n) is 8.45. The van der Waals surface area contributed by atoms with Crippen molar-refractivity contribution in [2.45, 2.75) is 59.3 Å². The van der Waals surface area contributed by atoms with Gasteiger partial charge < -0.3 is 0 Å². The maximum absolute atomic E-state index is 4.09. The first-order valence-corrected chi connectivity index (χ1v) is 4.91. The molecule has 0 saturated heterocycles. The van der Waals surface area contributed by atoms with Gasteiger partial charge in [0.05, 0.1) is 0 Å². The van der Waals surface area contributed by atoms with E-state index in [1.54, 1.807) is 0 Å². The molecule has 0 unspecified atom stereocenters. The molecule has 0 heteroatoms. The van der Waals surface area contributed by atoms with Gasteiger partial charge in [-0.05, 0) is 18.8 Å². The molecule has 0 spiro atoms. The molecule has 11 heavy (non-hydrogen) atoms. The summed E-state index contributed by atoms with van der Waals surface area (Å²) in [5.74, 6) is 0. The number of hydrogen-bond donors (Lipinski definition) is 0. The van der Waals surface area contributed by atoms with Crippen LogP contribution in [-0.2, 0) is 0 Å². The van der Waals surface area contributed by atoms with Gasteiger partial charge in [0.15, 0.2) is 0 Å². The van der Waals surface area contributed by atoms with Crippen molar-refractivity contribution < 1.29 is 0 Å². The molecule has 0 fully saturated rings. The fourth-order valence-corrected chi connectivity index (χ4v) is 1.21. The second-order valence-electron chi connectivity index (χ2n) is 4.33. The molecule has 0 aliphatic rings. The molecule has 0 aromatic heterocycles. The molecule has 0 amide bonds. The molecule has 0 aliphatic carbocycles. The van der Waals surface area contributed by atoms with Gasteiger partial charge in [-0.15, -0.1) is 0 Å². The average molecular weight is 155 g/mol. The lowest BCUT2D eigenvalue weighted by molar-refractivity contribution is 0.404. The Kier molecular flexibility index (Phi) is 5.62. The van der Waals surface area contributed by atoms with Gasteiger partial charge in [-0.2, -0.15) is 0 Å². The first-order valence-electron chi connectivity index (χ1n) is 4.91. The minimum Gasteiger partial charge on any atom is -0.0654 e. The third-order valence-electron chi connectivity index (χ3n) is 1.96. The van der Waals surface area contributed by atoms with Crippen molar-refractivity contribution in [1.82, 2.24) is 0 Å². The Hall–Kier alpha value is 0. The average Bonchev–Trinajstić information content (AvgIpc) is 1.85. The van der Waals surface area contributed by atoms with Crippen LogP contribution in [0.4, 0.5) is 0 Å². The third-order valence-corrected chi connectivity index (χ3v) is 1.96. The van der Waals surface area contributed by atoms with Gasteiger partial charge in [0.25, 0.3) is 0 Å². The molecule has 0 N–H and O–H groups in total. The molecule has 67 valence electrons. The van der Waals surface area contributed by atoms with E-state index in [1.165, 1.54) is 38.5 Å². The Labute approximate surface area is 72.4 Å². The fraction of sp³-hybridized carbons (Fsp3) is 0.909. The van der Waals surface area contributed by atoms with Crippen LogP contribution in [0.5, 0.6) is 0 Å². The minimum absolute atomic E-state index is 0.298. The predicted molar refractivity (Wildman–Crippen MR) is 52.5 cm³/mol. The first-order chi connectivity index (χ1) is 5.06. The van der Waals surface area contributed by atoms with Crippen LogP contribution in [0.1, 0.15) is 59.3 Å². The molecule has 0 rings (SSSR count). The quantitative estimate of drug-likeness (QED) is 0.504. The van der Waals surface area contributed by atoms with Gasteiger partial charge in [-0.3, -0.25) is 0 Å².